The molecule has 1 amide bonds. The van der Waals surface area contributed by atoms with Crippen molar-refractivity contribution in [3.05, 3.63) is 30.0 Å². The number of carbonyl (C=O) groups excluding carboxylic acids is 1. The molecule has 3 aromatic rings. The molecule has 188 valence electrons. The van der Waals surface area contributed by atoms with Crippen LogP contribution in [0.15, 0.2) is 39.3 Å². The van der Waals surface area contributed by atoms with Crippen LogP contribution in [0, 0.1) is 6.92 Å². The highest BCUT2D eigenvalue weighted by Gasteiger charge is 2.20. The monoisotopic (exact) mass is 532 g/mol. The molecule has 35 heavy (non-hydrogen) atoms. The third-order valence-electron chi connectivity index (χ3n) is 5.90. The number of nitrogens with one attached hydrogen (secondary N) is 2. The van der Waals surface area contributed by atoms with Crippen molar-refractivity contribution in [1.82, 2.24) is 24.8 Å². The lowest BCUT2D eigenvalue weighted by Gasteiger charge is -2.34. The highest BCUT2D eigenvalue weighted by atomic mass is 32.2. The zero-order valence-electron chi connectivity index (χ0n) is 20.6. The van der Waals surface area contributed by atoms with Gasteiger partial charge in [0.25, 0.3) is 0 Å². The number of pyridine rings is 1. The fourth-order valence-electron chi connectivity index (χ4n) is 4.02. The molecule has 1 aliphatic heterocycles. The number of rotatable bonds is 10. The molecule has 1 fully saturated rings. The van der Waals surface area contributed by atoms with Crippen molar-refractivity contribution < 1.29 is 9.53 Å². The molecule has 1 aliphatic rings. The van der Waals surface area contributed by atoms with E-state index >= 15 is 0 Å². The van der Waals surface area contributed by atoms with Gasteiger partial charge in [0, 0.05) is 55.1 Å². The fourth-order valence-corrected chi connectivity index (χ4v) is 6.21. The maximum absolute atomic E-state index is 12.8. The Morgan fingerprint density at radius 2 is 1.89 bits per heavy atom. The van der Waals surface area contributed by atoms with Gasteiger partial charge in [-0.3, -0.25) is 14.6 Å². The summed E-state index contributed by atoms with van der Waals surface area (Å²) >= 11 is 4.93. The molecular formula is C24H32N6O2S3. The number of hydrogen-bond donors (Lipinski definition) is 2. The van der Waals surface area contributed by atoms with E-state index in [2.05, 4.69) is 30.1 Å². The molecule has 1 aromatic carbocycles. The second kappa shape index (κ2) is 12.4. The van der Waals surface area contributed by atoms with Crippen LogP contribution in [-0.4, -0.2) is 95.3 Å². The number of aromatic nitrogens is 3. The van der Waals surface area contributed by atoms with Crippen molar-refractivity contribution in [2.24, 2.45) is 0 Å². The maximum Gasteiger partial charge on any atom is 0.238 e. The summed E-state index contributed by atoms with van der Waals surface area (Å²) in [5, 5.41) is 4.92. The number of aryl methyl sites for hydroxylation is 1. The summed E-state index contributed by atoms with van der Waals surface area (Å²) in [7, 11) is 1.67. The van der Waals surface area contributed by atoms with Crippen LogP contribution < -0.4 is 10.1 Å². The number of aromatic amines is 1. The van der Waals surface area contributed by atoms with Crippen LogP contribution >= 0.6 is 35.3 Å². The molecule has 4 rings (SSSR count). The van der Waals surface area contributed by atoms with E-state index in [9.17, 15) is 4.79 Å². The first kappa shape index (κ1) is 26.2. The van der Waals surface area contributed by atoms with Crippen LogP contribution in [0.3, 0.4) is 0 Å². The van der Waals surface area contributed by atoms with E-state index in [1.54, 1.807) is 42.4 Å². The van der Waals surface area contributed by atoms with E-state index in [4.69, 9.17) is 4.74 Å². The van der Waals surface area contributed by atoms with E-state index < -0.39 is 0 Å². The van der Waals surface area contributed by atoms with E-state index in [1.165, 1.54) is 0 Å². The number of nitrogens with zero attached hydrogens (tertiary/aromatic N) is 4. The van der Waals surface area contributed by atoms with E-state index in [0.717, 1.165) is 81.7 Å². The average Bonchev–Trinajstić information content (AvgIpc) is 3.27. The Labute approximate surface area is 219 Å². The fraction of sp³-hybridized carbons (Fsp3) is 0.458. The summed E-state index contributed by atoms with van der Waals surface area (Å²) in [6, 6.07) is 7.92. The normalized spacial score (nSPS) is 15.0. The molecule has 0 aliphatic carbocycles. The number of benzene rings is 1. The third kappa shape index (κ3) is 6.85. The first-order chi connectivity index (χ1) is 17.0. The number of anilines is 1. The van der Waals surface area contributed by atoms with E-state index in [0.29, 0.717) is 6.54 Å². The smallest absolute Gasteiger partial charge is 0.238 e. The van der Waals surface area contributed by atoms with Gasteiger partial charge < -0.3 is 15.0 Å². The Hall–Kier alpha value is -1.92. The maximum atomic E-state index is 12.8. The van der Waals surface area contributed by atoms with E-state index in [-0.39, 0.29) is 5.91 Å². The highest BCUT2D eigenvalue weighted by molar-refractivity contribution is 7.99. The first-order valence-electron chi connectivity index (χ1n) is 11.5. The number of imidazole rings is 1. The zero-order chi connectivity index (χ0) is 24.8. The van der Waals surface area contributed by atoms with Gasteiger partial charge in [-0.05, 0) is 37.6 Å². The Kier molecular flexibility index (Phi) is 9.23. The second-order valence-corrected chi connectivity index (χ2v) is 11.0. The number of methoxy groups -OCH3 is 1. The lowest BCUT2D eigenvalue weighted by molar-refractivity contribution is -0.117. The summed E-state index contributed by atoms with van der Waals surface area (Å²) in [6.07, 6.45) is 4.02. The minimum atomic E-state index is 0.0202. The summed E-state index contributed by atoms with van der Waals surface area (Å²) in [5.74, 6) is 1.80. The first-order valence-corrected chi connectivity index (χ1v) is 14.9. The summed E-state index contributed by atoms with van der Waals surface area (Å²) < 4.78 is 5.28. The SMILES string of the molecule is COc1ccc2[nH]c(SCCN3CCN(CC(=O)Nc4c(SC)cc(C)nc4SC)CC3)nc2c1. The summed E-state index contributed by atoms with van der Waals surface area (Å²) in [5.41, 5.74) is 3.75. The van der Waals surface area contributed by atoms with Crippen molar-refractivity contribution in [3.63, 3.8) is 0 Å². The van der Waals surface area contributed by atoms with Gasteiger partial charge in [0.2, 0.25) is 5.91 Å². The standard InChI is InChI=1S/C24H32N6O2S3/c1-16-13-20(33-3)22(23(25-16)34-4)28-21(31)15-30-9-7-29(8-10-30)11-12-35-24-26-18-6-5-17(32-2)14-19(18)27-24/h5-6,13-14H,7-12,15H2,1-4H3,(H,26,27)(H,28,31). The summed E-state index contributed by atoms with van der Waals surface area (Å²) in [6.45, 7) is 7.08. The van der Waals surface area contributed by atoms with Crippen molar-refractivity contribution in [2.75, 3.05) is 70.0 Å². The average molecular weight is 533 g/mol. The zero-order valence-corrected chi connectivity index (χ0v) is 23.0. The van der Waals surface area contributed by atoms with Gasteiger partial charge in [-0.2, -0.15) is 0 Å². The van der Waals surface area contributed by atoms with Crippen LogP contribution in [0.1, 0.15) is 5.69 Å². The van der Waals surface area contributed by atoms with E-state index in [1.807, 2.05) is 43.7 Å². The quantitative estimate of drug-likeness (QED) is 0.375. The Morgan fingerprint density at radius 1 is 1.11 bits per heavy atom. The topological polar surface area (TPSA) is 86.4 Å². The minimum absolute atomic E-state index is 0.0202. The number of piperazine rings is 1. The number of fused-ring (bicyclic) bond motifs is 1. The Balaban J connectivity index is 1.21. The van der Waals surface area contributed by atoms with Gasteiger partial charge in [-0.25, -0.2) is 9.97 Å². The number of ether oxygens (including phenoxy) is 1. The molecule has 2 aromatic heterocycles. The lowest BCUT2D eigenvalue weighted by Crippen LogP contribution is -2.49. The molecular weight excluding hydrogens is 501 g/mol. The number of H-pyrrole nitrogens is 1. The highest BCUT2D eigenvalue weighted by Crippen LogP contribution is 2.33. The van der Waals surface area contributed by atoms with Crippen LogP contribution in [-0.2, 0) is 4.79 Å². The molecule has 11 heteroatoms. The minimum Gasteiger partial charge on any atom is -0.497 e. The molecule has 3 heterocycles. The molecule has 8 nitrogen and oxygen atoms in total. The van der Waals surface area contributed by atoms with Crippen molar-refractivity contribution in [1.29, 1.82) is 0 Å². The van der Waals surface area contributed by atoms with Crippen LogP contribution in [0.5, 0.6) is 5.75 Å². The number of amides is 1. The van der Waals surface area contributed by atoms with Gasteiger partial charge in [0.15, 0.2) is 5.16 Å². The molecule has 0 spiro atoms. The molecule has 1 saturated heterocycles. The largest absolute Gasteiger partial charge is 0.497 e. The number of carbonyl (C=O) groups is 1. The number of thioether (sulfide) groups is 3. The van der Waals surface area contributed by atoms with Gasteiger partial charge in [-0.1, -0.05) is 11.8 Å². The molecule has 0 saturated carbocycles. The van der Waals surface area contributed by atoms with Crippen LogP contribution in [0.2, 0.25) is 0 Å². The predicted octanol–water partition coefficient (Wildman–Crippen LogP) is 4.07. The number of hydrogen-bond acceptors (Lipinski definition) is 9. The molecule has 0 unspecified atom stereocenters. The molecule has 0 atom stereocenters. The van der Waals surface area contributed by atoms with Crippen molar-refractivity contribution >= 4 is 57.9 Å². The molecule has 2 N–H and O–H groups in total. The van der Waals surface area contributed by atoms with Gasteiger partial charge >= 0.3 is 0 Å². The lowest BCUT2D eigenvalue weighted by atomic mass is 10.3. The molecule has 0 bridgehead atoms. The second-order valence-electron chi connectivity index (χ2n) is 8.29. The van der Waals surface area contributed by atoms with Crippen molar-refractivity contribution in [3.8, 4) is 5.75 Å². The van der Waals surface area contributed by atoms with Crippen LogP contribution in [0.25, 0.3) is 11.0 Å². The predicted molar refractivity (Wildman–Crippen MR) is 147 cm³/mol. The van der Waals surface area contributed by atoms with Crippen LogP contribution in [0.4, 0.5) is 5.69 Å². The molecule has 0 radical (unpaired) electrons. The third-order valence-corrected chi connectivity index (χ3v) is 8.20. The van der Waals surface area contributed by atoms with Gasteiger partial charge in [0.05, 0.1) is 30.4 Å². The summed E-state index contributed by atoms with van der Waals surface area (Å²) in [4.78, 5) is 31.1. The Morgan fingerprint density at radius 3 is 2.60 bits per heavy atom. The van der Waals surface area contributed by atoms with Gasteiger partial charge in [-0.15, -0.1) is 23.5 Å². The van der Waals surface area contributed by atoms with Crippen molar-refractivity contribution in [2.45, 2.75) is 22.0 Å². The van der Waals surface area contributed by atoms with Gasteiger partial charge in [0.1, 0.15) is 10.8 Å². The Bertz CT molecular complexity index is 1140.